The number of hydrogen-bond donors (Lipinski definition) is 3. The van der Waals surface area contributed by atoms with E-state index in [2.05, 4.69) is 46.2 Å². The number of nitrogens with one attached hydrogen (secondary N) is 2. The zero-order chi connectivity index (χ0) is 21.1. The van der Waals surface area contributed by atoms with Crippen molar-refractivity contribution in [2.24, 2.45) is 10.9 Å². The SMILES string of the molecule is CCCC(O)(CCC)CN=C(NCC)NCCN1CCN(C(=O)C2CCC2)CC1. The van der Waals surface area contributed by atoms with Gasteiger partial charge in [0.2, 0.25) is 5.91 Å². The van der Waals surface area contributed by atoms with Gasteiger partial charge in [-0.1, -0.05) is 33.1 Å². The molecule has 3 N–H and O–H groups in total. The fourth-order valence-electron chi connectivity index (χ4n) is 4.22. The minimum atomic E-state index is -0.699. The molecule has 0 spiro atoms. The Morgan fingerprint density at radius 2 is 1.72 bits per heavy atom. The number of guanidine groups is 1. The maximum Gasteiger partial charge on any atom is 0.225 e. The van der Waals surface area contributed by atoms with Crippen molar-refractivity contribution in [2.45, 2.75) is 71.3 Å². The highest BCUT2D eigenvalue weighted by atomic mass is 16.3. The smallest absolute Gasteiger partial charge is 0.225 e. The number of aliphatic hydroxyl groups is 1. The molecule has 2 aliphatic rings. The fraction of sp³-hybridized carbons (Fsp3) is 0.909. The summed E-state index contributed by atoms with van der Waals surface area (Å²) in [5, 5.41) is 17.5. The molecule has 0 unspecified atom stereocenters. The second kappa shape index (κ2) is 12.4. The standard InChI is InChI=1S/C22H43N5O2/c1-4-10-22(29,11-5-2)18-25-21(23-6-3)24-12-13-26-14-16-27(17-15-26)20(28)19-8-7-9-19/h19,29H,4-18H2,1-3H3,(H2,23,24,25). The van der Waals surface area contributed by atoms with Crippen LogP contribution in [0.4, 0.5) is 0 Å². The summed E-state index contributed by atoms with van der Waals surface area (Å²) in [6.07, 6.45) is 6.88. The number of aliphatic imine (C=N–C) groups is 1. The van der Waals surface area contributed by atoms with Crippen LogP contribution in [0.5, 0.6) is 0 Å². The van der Waals surface area contributed by atoms with Gasteiger partial charge in [-0.2, -0.15) is 0 Å². The number of carbonyl (C=O) groups is 1. The van der Waals surface area contributed by atoms with E-state index in [4.69, 9.17) is 0 Å². The molecule has 0 aromatic carbocycles. The van der Waals surface area contributed by atoms with E-state index < -0.39 is 5.60 Å². The molecule has 7 heteroatoms. The van der Waals surface area contributed by atoms with Gasteiger partial charge in [-0.3, -0.25) is 14.7 Å². The molecule has 1 aliphatic heterocycles. The van der Waals surface area contributed by atoms with E-state index in [9.17, 15) is 9.90 Å². The summed E-state index contributed by atoms with van der Waals surface area (Å²) in [7, 11) is 0. The van der Waals surface area contributed by atoms with E-state index in [1.165, 1.54) is 6.42 Å². The number of nitrogens with zero attached hydrogens (tertiary/aromatic N) is 3. The van der Waals surface area contributed by atoms with Crippen molar-refractivity contribution in [3.05, 3.63) is 0 Å². The number of piperazine rings is 1. The van der Waals surface area contributed by atoms with Crippen LogP contribution in [0.1, 0.15) is 65.7 Å². The zero-order valence-corrected chi connectivity index (χ0v) is 18.9. The molecule has 0 aromatic heterocycles. The molecule has 2 fully saturated rings. The quantitative estimate of drug-likeness (QED) is 0.358. The van der Waals surface area contributed by atoms with Crippen molar-refractivity contribution in [3.8, 4) is 0 Å². The predicted molar refractivity (Wildman–Crippen MR) is 119 cm³/mol. The van der Waals surface area contributed by atoms with Crippen LogP contribution in [0.3, 0.4) is 0 Å². The molecule has 1 heterocycles. The van der Waals surface area contributed by atoms with E-state index in [0.29, 0.717) is 18.4 Å². The summed E-state index contributed by atoms with van der Waals surface area (Å²) < 4.78 is 0. The van der Waals surface area contributed by atoms with Crippen molar-refractivity contribution < 1.29 is 9.90 Å². The second-order valence-corrected chi connectivity index (χ2v) is 8.64. The minimum Gasteiger partial charge on any atom is -0.388 e. The molecule has 1 aliphatic carbocycles. The number of rotatable bonds is 11. The first kappa shape index (κ1) is 23.9. The molecule has 0 radical (unpaired) electrons. The zero-order valence-electron chi connectivity index (χ0n) is 18.9. The van der Waals surface area contributed by atoms with E-state index in [1.54, 1.807) is 0 Å². The van der Waals surface area contributed by atoms with Gasteiger partial charge in [-0.15, -0.1) is 0 Å². The first-order chi connectivity index (χ1) is 14.0. The molecule has 1 saturated carbocycles. The molecule has 0 aromatic rings. The largest absolute Gasteiger partial charge is 0.388 e. The van der Waals surface area contributed by atoms with Gasteiger partial charge in [-0.25, -0.2) is 0 Å². The topological polar surface area (TPSA) is 80.2 Å². The summed E-state index contributed by atoms with van der Waals surface area (Å²) in [5.41, 5.74) is -0.699. The van der Waals surface area contributed by atoms with Gasteiger partial charge in [0.1, 0.15) is 0 Å². The minimum absolute atomic E-state index is 0.307. The second-order valence-electron chi connectivity index (χ2n) is 8.64. The third kappa shape index (κ3) is 7.78. The van der Waals surface area contributed by atoms with Crippen LogP contribution in [0.2, 0.25) is 0 Å². The highest BCUT2D eigenvalue weighted by Gasteiger charge is 2.31. The van der Waals surface area contributed by atoms with Crippen molar-refractivity contribution in [2.75, 3.05) is 52.4 Å². The van der Waals surface area contributed by atoms with E-state index >= 15 is 0 Å². The summed E-state index contributed by atoms with van der Waals surface area (Å²) in [5.74, 6) is 1.46. The Bertz CT molecular complexity index is 507. The van der Waals surface area contributed by atoms with Crippen LogP contribution in [0.25, 0.3) is 0 Å². The predicted octanol–water partition coefficient (Wildman–Crippen LogP) is 1.82. The molecule has 168 valence electrons. The summed E-state index contributed by atoms with van der Waals surface area (Å²) in [6, 6.07) is 0. The summed E-state index contributed by atoms with van der Waals surface area (Å²) in [6.45, 7) is 12.8. The number of hydrogen-bond acceptors (Lipinski definition) is 4. The Hall–Kier alpha value is -1.34. The van der Waals surface area contributed by atoms with Gasteiger partial charge in [-0.05, 0) is 32.6 Å². The molecule has 1 saturated heterocycles. The molecule has 0 bridgehead atoms. The van der Waals surface area contributed by atoms with Crippen LogP contribution in [0, 0.1) is 5.92 Å². The van der Waals surface area contributed by atoms with Gasteiger partial charge in [0.15, 0.2) is 5.96 Å². The molecule has 1 amide bonds. The van der Waals surface area contributed by atoms with Crippen molar-refractivity contribution in [1.82, 2.24) is 20.4 Å². The van der Waals surface area contributed by atoms with E-state index in [0.717, 1.165) is 90.3 Å². The van der Waals surface area contributed by atoms with Crippen LogP contribution in [0.15, 0.2) is 4.99 Å². The molecule has 7 nitrogen and oxygen atoms in total. The Kier molecular flexibility index (Phi) is 10.2. The lowest BCUT2D eigenvalue weighted by Gasteiger charge is -2.38. The lowest BCUT2D eigenvalue weighted by atomic mass is 9.84. The van der Waals surface area contributed by atoms with Gasteiger partial charge in [0, 0.05) is 51.7 Å². The molecule has 0 atom stereocenters. The lowest BCUT2D eigenvalue weighted by Crippen LogP contribution is -2.52. The first-order valence-electron chi connectivity index (χ1n) is 11.8. The van der Waals surface area contributed by atoms with Crippen LogP contribution in [-0.2, 0) is 4.79 Å². The van der Waals surface area contributed by atoms with Crippen molar-refractivity contribution in [3.63, 3.8) is 0 Å². The average Bonchev–Trinajstić information content (AvgIpc) is 2.66. The highest BCUT2D eigenvalue weighted by Crippen LogP contribution is 2.28. The number of carbonyl (C=O) groups excluding carboxylic acids is 1. The maximum atomic E-state index is 12.4. The number of amides is 1. The highest BCUT2D eigenvalue weighted by molar-refractivity contribution is 5.80. The van der Waals surface area contributed by atoms with Gasteiger partial charge in [0.25, 0.3) is 0 Å². The van der Waals surface area contributed by atoms with Gasteiger partial charge < -0.3 is 20.6 Å². The normalized spacial score (nSPS) is 19.2. The fourth-order valence-corrected chi connectivity index (χ4v) is 4.22. The summed E-state index contributed by atoms with van der Waals surface area (Å²) in [4.78, 5) is 21.5. The lowest BCUT2D eigenvalue weighted by molar-refractivity contribution is -0.139. The summed E-state index contributed by atoms with van der Waals surface area (Å²) >= 11 is 0. The van der Waals surface area contributed by atoms with Gasteiger partial charge >= 0.3 is 0 Å². The Balaban J connectivity index is 1.72. The van der Waals surface area contributed by atoms with Crippen LogP contribution in [-0.4, -0.2) is 84.7 Å². The van der Waals surface area contributed by atoms with Crippen LogP contribution < -0.4 is 10.6 Å². The van der Waals surface area contributed by atoms with E-state index in [1.807, 2.05) is 0 Å². The molecular weight excluding hydrogens is 366 g/mol. The Labute approximate surface area is 177 Å². The third-order valence-corrected chi connectivity index (χ3v) is 6.17. The first-order valence-corrected chi connectivity index (χ1v) is 11.8. The van der Waals surface area contributed by atoms with Gasteiger partial charge in [0.05, 0.1) is 12.1 Å². The average molecular weight is 410 g/mol. The molecule has 29 heavy (non-hydrogen) atoms. The third-order valence-electron chi connectivity index (χ3n) is 6.17. The monoisotopic (exact) mass is 409 g/mol. The Morgan fingerprint density at radius 1 is 1.07 bits per heavy atom. The molecule has 2 rings (SSSR count). The van der Waals surface area contributed by atoms with Crippen LogP contribution >= 0.6 is 0 Å². The van der Waals surface area contributed by atoms with E-state index in [-0.39, 0.29) is 0 Å². The van der Waals surface area contributed by atoms with Crippen molar-refractivity contribution in [1.29, 1.82) is 0 Å². The Morgan fingerprint density at radius 3 is 2.24 bits per heavy atom. The molecular formula is C22H43N5O2. The maximum absolute atomic E-state index is 12.4. The van der Waals surface area contributed by atoms with Crippen molar-refractivity contribution >= 4 is 11.9 Å².